The Bertz CT molecular complexity index is 1390. The second-order valence-electron chi connectivity index (χ2n) is 8.64. The average molecular weight is 525 g/mol. The summed E-state index contributed by atoms with van der Waals surface area (Å²) in [6.07, 6.45) is 0.167. The molecule has 3 aromatic carbocycles. The minimum atomic E-state index is -4.18. The predicted octanol–water partition coefficient (Wildman–Crippen LogP) is 2.63. The maximum atomic E-state index is 13.8. The molecule has 3 aromatic rings. The van der Waals surface area contributed by atoms with Crippen LogP contribution in [0.25, 0.3) is 0 Å². The summed E-state index contributed by atoms with van der Waals surface area (Å²) in [5, 5.41) is 12.3. The van der Waals surface area contributed by atoms with Crippen molar-refractivity contribution in [3.8, 4) is 11.5 Å². The van der Waals surface area contributed by atoms with Crippen LogP contribution in [-0.4, -0.2) is 56.0 Å². The molecule has 1 unspecified atom stereocenters. The highest BCUT2D eigenvalue weighted by Gasteiger charge is 2.41. The van der Waals surface area contributed by atoms with E-state index < -0.39 is 34.0 Å². The number of carbonyl (C=O) groups is 2. The van der Waals surface area contributed by atoms with E-state index in [1.54, 1.807) is 30.3 Å². The van der Waals surface area contributed by atoms with Crippen LogP contribution in [0.1, 0.15) is 16.7 Å². The van der Waals surface area contributed by atoms with Crippen molar-refractivity contribution >= 4 is 21.9 Å². The minimum Gasteiger partial charge on any atom is -0.493 e. The van der Waals surface area contributed by atoms with Gasteiger partial charge in [0.2, 0.25) is 15.9 Å². The van der Waals surface area contributed by atoms with Crippen molar-refractivity contribution in [3.05, 3.63) is 89.5 Å². The molecule has 0 spiro atoms. The Balaban J connectivity index is 1.68. The molecular formula is C27H28N2O7S. The Morgan fingerprint density at radius 1 is 0.973 bits per heavy atom. The molecule has 0 radical (unpaired) electrons. The molecule has 4 rings (SSSR count). The fourth-order valence-corrected chi connectivity index (χ4v) is 5.99. The van der Waals surface area contributed by atoms with Crippen molar-refractivity contribution in [3.63, 3.8) is 0 Å². The molecule has 10 heteroatoms. The second kappa shape index (κ2) is 11.0. The highest BCUT2D eigenvalue weighted by molar-refractivity contribution is 7.89. The Kier molecular flexibility index (Phi) is 7.80. The molecule has 0 aliphatic carbocycles. The molecule has 0 aromatic heterocycles. The van der Waals surface area contributed by atoms with Gasteiger partial charge >= 0.3 is 5.97 Å². The molecule has 194 valence electrons. The summed E-state index contributed by atoms with van der Waals surface area (Å²) in [5.74, 6) is -1.29. The van der Waals surface area contributed by atoms with Gasteiger partial charge in [-0.3, -0.25) is 4.79 Å². The van der Waals surface area contributed by atoms with Gasteiger partial charge in [-0.15, -0.1) is 0 Å². The first-order valence-electron chi connectivity index (χ1n) is 11.6. The second-order valence-corrected chi connectivity index (χ2v) is 10.5. The quantitative estimate of drug-likeness (QED) is 0.441. The van der Waals surface area contributed by atoms with E-state index in [9.17, 15) is 23.1 Å². The summed E-state index contributed by atoms with van der Waals surface area (Å²) >= 11 is 0. The molecule has 1 aliphatic rings. The van der Waals surface area contributed by atoms with Crippen molar-refractivity contribution in [1.82, 2.24) is 9.62 Å². The van der Waals surface area contributed by atoms with Crippen LogP contribution in [0.15, 0.2) is 77.7 Å². The monoisotopic (exact) mass is 524 g/mol. The number of fused-ring (bicyclic) bond motifs is 1. The first-order chi connectivity index (χ1) is 17.7. The third-order valence-electron chi connectivity index (χ3n) is 6.37. The molecule has 0 saturated carbocycles. The number of amides is 1. The lowest BCUT2D eigenvalue weighted by atomic mass is 9.95. The van der Waals surface area contributed by atoms with Gasteiger partial charge in [-0.2, -0.15) is 4.31 Å². The van der Waals surface area contributed by atoms with E-state index in [2.05, 4.69) is 5.32 Å². The lowest BCUT2D eigenvalue weighted by Crippen LogP contribution is -2.55. The number of hydrogen-bond acceptors (Lipinski definition) is 6. The van der Waals surface area contributed by atoms with Crippen LogP contribution in [0.5, 0.6) is 11.5 Å². The van der Waals surface area contributed by atoms with E-state index in [1.165, 1.54) is 32.4 Å². The Morgan fingerprint density at radius 3 is 2.27 bits per heavy atom. The first kappa shape index (κ1) is 26.2. The molecule has 1 aliphatic heterocycles. The third kappa shape index (κ3) is 5.60. The summed E-state index contributed by atoms with van der Waals surface area (Å²) in [4.78, 5) is 25.4. The maximum absolute atomic E-state index is 13.8. The van der Waals surface area contributed by atoms with Crippen LogP contribution in [0.2, 0.25) is 0 Å². The zero-order valence-corrected chi connectivity index (χ0v) is 21.3. The number of hydrogen-bond donors (Lipinski definition) is 2. The summed E-state index contributed by atoms with van der Waals surface area (Å²) in [5.41, 5.74) is 2.34. The Morgan fingerprint density at radius 2 is 1.62 bits per heavy atom. The smallest absolute Gasteiger partial charge is 0.326 e. The number of carboxylic acids is 1. The number of nitrogens with zero attached hydrogens (tertiary/aromatic N) is 1. The normalized spacial score (nSPS) is 16.3. The number of methoxy groups -OCH3 is 2. The fourth-order valence-electron chi connectivity index (χ4n) is 4.41. The molecule has 1 amide bonds. The summed E-state index contributed by atoms with van der Waals surface area (Å²) in [6, 6.07) is 18.1. The SMILES string of the molecule is COc1ccc(S(=O)(=O)N2Cc3ccccc3C[C@H]2C(=O)NC(Cc2ccccc2)C(=O)O)cc1OC. The number of carboxylic acid groups (broad SMARTS) is 1. The van der Waals surface area contributed by atoms with Crippen LogP contribution < -0.4 is 14.8 Å². The Hall–Kier alpha value is -3.89. The lowest BCUT2D eigenvalue weighted by molar-refractivity contribution is -0.142. The molecule has 2 N–H and O–H groups in total. The number of ether oxygens (including phenoxy) is 2. The van der Waals surface area contributed by atoms with Gasteiger partial charge in [0.15, 0.2) is 11.5 Å². The lowest BCUT2D eigenvalue weighted by Gasteiger charge is -2.35. The van der Waals surface area contributed by atoms with Crippen LogP contribution in [-0.2, 0) is 39.0 Å². The van der Waals surface area contributed by atoms with Gasteiger partial charge in [0.1, 0.15) is 12.1 Å². The van der Waals surface area contributed by atoms with E-state index in [0.29, 0.717) is 5.75 Å². The number of benzene rings is 3. The van der Waals surface area contributed by atoms with Crippen molar-refractivity contribution < 1.29 is 32.6 Å². The number of sulfonamides is 1. The standard InChI is InChI=1S/C27H28N2O7S/c1-35-24-13-12-21(16-25(24)36-2)37(33,34)29-17-20-11-7-6-10-19(20)15-23(29)26(30)28-22(27(31)32)14-18-8-4-3-5-9-18/h3-13,16,22-23H,14-15,17H2,1-2H3,(H,28,30)(H,31,32)/t22?,23-/m0/s1. The summed E-state index contributed by atoms with van der Waals surface area (Å²) in [6.45, 7) is -0.0403. The largest absolute Gasteiger partial charge is 0.493 e. The van der Waals surface area contributed by atoms with Crippen LogP contribution >= 0.6 is 0 Å². The topological polar surface area (TPSA) is 122 Å². The fraction of sp³-hybridized carbons (Fsp3) is 0.259. The number of nitrogens with one attached hydrogen (secondary N) is 1. The van der Waals surface area contributed by atoms with Crippen LogP contribution in [0.4, 0.5) is 0 Å². The predicted molar refractivity (Wildman–Crippen MR) is 136 cm³/mol. The van der Waals surface area contributed by atoms with Crippen LogP contribution in [0, 0.1) is 0 Å². The van der Waals surface area contributed by atoms with Crippen LogP contribution in [0.3, 0.4) is 0 Å². The summed E-state index contributed by atoms with van der Waals surface area (Å²) in [7, 11) is -1.33. The highest BCUT2D eigenvalue weighted by atomic mass is 32.2. The van der Waals surface area contributed by atoms with E-state index in [4.69, 9.17) is 9.47 Å². The van der Waals surface area contributed by atoms with E-state index in [0.717, 1.165) is 21.0 Å². The van der Waals surface area contributed by atoms with Gasteiger partial charge in [-0.1, -0.05) is 54.6 Å². The van der Waals surface area contributed by atoms with E-state index in [-0.39, 0.29) is 30.0 Å². The van der Waals surface area contributed by atoms with Gasteiger partial charge < -0.3 is 19.9 Å². The number of aliphatic carboxylic acids is 1. The van der Waals surface area contributed by atoms with Crippen molar-refractivity contribution in [2.24, 2.45) is 0 Å². The van der Waals surface area contributed by atoms with Crippen molar-refractivity contribution in [2.75, 3.05) is 14.2 Å². The van der Waals surface area contributed by atoms with Crippen molar-refractivity contribution in [1.29, 1.82) is 0 Å². The van der Waals surface area contributed by atoms with Gasteiger partial charge in [0, 0.05) is 19.0 Å². The minimum absolute atomic E-state index is 0.0403. The molecule has 0 saturated heterocycles. The van der Waals surface area contributed by atoms with Gasteiger partial charge in [0.25, 0.3) is 0 Å². The van der Waals surface area contributed by atoms with Gasteiger partial charge in [-0.05, 0) is 35.2 Å². The third-order valence-corrected chi connectivity index (χ3v) is 8.22. The first-order valence-corrected chi connectivity index (χ1v) is 13.1. The molecule has 0 fully saturated rings. The Labute approximate surface area is 215 Å². The molecule has 0 bridgehead atoms. The maximum Gasteiger partial charge on any atom is 0.326 e. The molecule has 2 atom stereocenters. The number of rotatable bonds is 9. The zero-order valence-electron chi connectivity index (χ0n) is 20.5. The van der Waals surface area contributed by atoms with Crippen molar-refractivity contribution in [2.45, 2.75) is 36.4 Å². The zero-order chi connectivity index (χ0) is 26.6. The van der Waals surface area contributed by atoms with E-state index >= 15 is 0 Å². The summed E-state index contributed by atoms with van der Waals surface area (Å²) < 4.78 is 39.3. The molecule has 1 heterocycles. The highest BCUT2D eigenvalue weighted by Crippen LogP contribution is 2.34. The number of carbonyl (C=O) groups excluding carboxylic acids is 1. The van der Waals surface area contributed by atoms with E-state index in [1.807, 2.05) is 24.3 Å². The average Bonchev–Trinajstić information content (AvgIpc) is 2.91. The molecule has 37 heavy (non-hydrogen) atoms. The van der Waals surface area contributed by atoms with Gasteiger partial charge in [0.05, 0.1) is 19.1 Å². The molecule has 9 nitrogen and oxygen atoms in total. The molecular weight excluding hydrogens is 496 g/mol. The van der Waals surface area contributed by atoms with Gasteiger partial charge in [-0.25, -0.2) is 13.2 Å².